The normalized spacial score (nSPS) is 15.2. The van der Waals surface area contributed by atoms with Gasteiger partial charge in [0.1, 0.15) is 24.7 Å². The third kappa shape index (κ3) is 8.41. The van der Waals surface area contributed by atoms with E-state index in [2.05, 4.69) is 10.6 Å². The van der Waals surface area contributed by atoms with Gasteiger partial charge in [-0.05, 0) is 53.0 Å². The summed E-state index contributed by atoms with van der Waals surface area (Å²) < 4.78 is 5.19. The number of carbonyl (C=O) groups excluding carboxylic acids is 3. The molecule has 2 rings (SSSR count). The Morgan fingerprint density at radius 2 is 1.73 bits per heavy atom. The van der Waals surface area contributed by atoms with E-state index in [1.54, 1.807) is 20.8 Å². The Kier molecular flexibility index (Phi) is 9.27. The Morgan fingerprint density at radius 3 is 2.27 bits per heavy atom. The Morgan fingerprint density at radius 1 is 1.12 bits per heavy atom. The van der Waals surface area contributed by atoms with Crippen LogP contribution in [0.5, 0.6) is 0 Å². The maximum absolute atomic E-state index is 13.5. The van der Waals surface area contributed by atoms with Crippen LogP contribution in [0, 0.1) is 25.2 Å². The summed E-state index contributed by atoms with van der Waals surface area (Å²) in [7, 11) is 0. The second-order valence-electron chi connectivity index (χ2n) is 9.70. The third-order valence-corrected chi connectivity index (χ3v) is 5.42. The Bertz CT molecular complexity index is 874. The van der Waals surface area contributed by atoms with Gasteiger partial charge in [0.2, 0.25) is 11.8 Å². The smallest absolute Gasteiger partial charge is 0.408 e. The van der Waals surface area contributed by atoms with E-state index in [0.29, 0.717) is 5.56 Å². The lowest BCUT2D eigenvalue weighted by Gasteiger charge is -2.32. The first-order chi connectivity index (χ1) is 15.5. The zero-order valence-corrected chi connectivity index (χ0v) is 20.4. The molecule has 0 heterocycles. The molecule has 0 saturated heterocycles. The van der Waals surface area contributed by atoms with Crippen LogP contribution in [-0.2, 0) is 14.3 Å². The molecule has 0 bridgehead atoms. The Hall–Kier alpha value is -3.08. The molecule has 1 atom stereocenters. The molecule has 2 N–H and O–H groups in total. The molecule has 3 amide bonds. The van der Waals surface area contributed by atoms with Gasteiger partial charge in [0.05, 0.1) is 6.07 Å². The largest absolute Gasteiger partial charge is 0.444 e. The molecule has 1 aromatic carbocycles. The van der Waals surface area contributed by atoms with E-state index in [0.717, 1.165) is 43.2 Å². The zero-order valence-electron chi connectivity index (χ0n) is 20.4. The minimum absolute atomic E-state index is 0.0542. The summed E-state index contributed by atoms with van der Waals surface area (Å²) in [5.41, 5.74) is 1.84. The molecule has 180 valence electrons. The number of nitriles is 1. The quantitative estimate of drug-likeness (QED) is 0.608. The number of alkyl carbamates (subject to hydrolysis) is 1. The van der Waals surface area contributed by atoms with E-state index in [1.165, 1.54) is 4.90 Å². The maximum atomic E-state index is 13.5. The van der Waals surface area contributed by atoms with Crippen LogP contribution in [0.4, 0.5) is 4.79 Å². The van der Waals surface area contributed by atoms with Crippen LogP contribution in [0.2, 0.25) is 0 Å². The molecule has 8 nitrogen and oxygen atoms in total. The molecule has 0 aromatic heterocycles. The maximum Gasteiger partial charge on any atom is 0.408 e. The van der Waals surface area contributed by atoms with Crippen molar-refractivity contribution in [3.63, 3.8) is 0 Å². The van der Waals surface area contributed by atoms with Crippen LogP contribution in [0.1, 0.15) is 75.6 Å². The molecule has 33 heavy (non-hydrogen) atoms. The highest BCUT2D eigenvalue weighted by Crippen LogP contribution is 2.25. The number of amides is 3. The van der Waals surface area contributed by atoms with Crippen molar-refractivity contribution in [2.75, 3.05) is 13.1 Å². The highest BCUT2D eigenvalue weighted by molar-refractivity contribution is 5.90. The van der Waals surface area contributed by atoms with E-state index in [4.69, 9.17) is 4.74 Å². The first-order valence-corrected chi connectivity index (χ1v) is 11.5. The van der Waals surface area contributed by atoms with Crippen LogP contribution in [0.3, 0.4) is 0 Å². The number of aryl methyl sites for hydroxylation is 2. The fraction of sp³-hybridized carbons (Fsp3) is 0.600. The average Bonchev–Trinajstić information content (AvgIpc) is 2.70. The molecule has 1 aliphatic rings. The molecule has 1 aliphatic carbocycles. The van der Waals surface area contributed by atoms with Crippen LogP contribution < -0.4 is 10.6 Å². The summed E-state index contributed by atoms with van der Waals surface area (Å²) in [6.45, 7) is 8.35. The van der Waals surface area contributed by atoms with Crippen LogP contribution in [-0.4, -0.2) is 47.5 Å². The predicted molar refractivity (Wildman–Crippen MR) is 125 cm³/mol. The molecular formula is C25H36N4O4. The summed E-state index contributed by atoms with van der Waals surface area (Å²) in [5.74, 6) is -0.849. The van der Waals surface area contributed by atoms with Gasteiger partial charge in [-0.25, -0.2) is 4.79 Å². The van der Waals surface area contributed by atoms with Crippen molar-refractivity contribution in [2.24, 2.45) is 0 Å². The van der Waals surface area contributed by atoms with Crippen LogP contribution >= 0.6 is 0 Å². The van der Waals surface area contributed by atoms with Crippen molar-refractivity contribution < 1.29 is 19.1 Å². The topological polar surface area (TPSA) is 112 Å². The lowest BCUT2D eigenvalue weighted by Crippen LogP contribution is -2.49. The van der Waals surface area contributed by atoms with Gasteiger partial charge < -0.3 is 20.3 Å². The molecule has 0 radical (unpaired) electrons. The van der Waals surface area contributed by atoms with Crippen LogP contribution in [0.25, 0.3) is 0 Å². The average molecular weight is 457 g/mol. The van der Waals surface area contributed by atoms with E-state index in [9.17, 15) is 19.6 Å². The van der Waals surface area contributed by atoms with Gasteiger partial charge in [0.15, 0.2) is 0 Å². The minimum Gasteiger partial charge on any atom is -0.444 e. The first-order valence-electron chi connectivity index (χ1n) is 11.5. The van der Waals surface area contributed by atoms with Gasteiger partial charge in [-0.2, -0.15) is 5.26 Å². The fourth-order valence-corrected chi connectivity index (χ4v) is 4.13. The van der Waals surface area contributed by atoms with Crippen molar-refractivity contribution in [1.82, 2.24) is 15.5 Å². The highest BCUT2D eigenvalue weighted by Gasteiger charge is 2.33. The van der Waals surface area contributed by atoms with Gasteiger partial charge in [-0.15, -0.1) is 0 Å². The van der Waals surface area contributed by atoms with Gasteiger partial charge in [0.25, 0.3) is 0 Å². The van der Waals surface area contributed by atoms with Crippen molar-refractivity contribution in [2.45, 2.75) is 84.4 Å². The summed E-state index contributed by atoms with van der Waals surface area (Å²) >= 11 is 0. The molecule has 1 fully saturated rings. The van der Waals surface area contributed by atoms with Gasteiger partial charge in [-0.3, -0.25) is 9.59 Å². The first kappa shape index (κ1) is 26.2. The van der Waals surface area contributed by atoms with E-state index >= 15 is 0 Å². The van der Waals surface area contributed by atoms with Crippen molar-refractivity contribution in [3.8, 4) is 6.07 Å². The number of hydrogen-bond donors (Lipinski definition) is 2. The lowest BCUT2D eigenvalue weighted by atomic mass is 9.94. The molecule has 0 aliphatic heterocycles. The number of nitrogens with one attached hydrogen (secondary N) is 2. The van der Waals surface area contributed by atoms with Gasteiger partial charge in [-0.1, -0.05) is 48.6 Å². The van der Waals surface area contributed by atoms with E-state index in [1.807, 2.05) is 38.1 Å². The number of nitrogens with zero attached hydrogens (tertiary/aromatic N) is 2. The van der Waals surface area contributed by atoms with Crippen molar-refractivity contribution in [3.05, 3.63) is 34.9 Å². The molecular weight excluding hydrogens is 420 g/mol. The molecule has 0 spiro atoms. The SMILES string of the molecule is Cc1cc(C)cc(C(C(=O)NC2CCCCC2)N(CC#N)C(=O)CNC(=O)OC(C)(C)C)c1. The van der Waals surface area contributed by atoms with Gasteiger partial charge in [0, 0.05) is 6.04 Å². The van der Waals surface area contributed by atoms with E-state index in [-0.39, 0.29) is 25.0 Å². The third-order valence-electron chi connectivity index (χ3n) is 5.42. The second kappa shape index (κ2) is 11.7. The van der Waals surface area contributed by atoms with Crippen molar-refractivity contribution in [1.29, 1.82) is 5.26 Å². The zero-order chi connectivity index (χ0) is 24.6. The molecule has 1 saturated carbocycles. The summed E-state index contributed by atoms with van der Waals surface area (Å²) in [6.07, 6.45) is 4.33. The number of benzene rings is 1. The summed E-state index contributed by atoms with van der Waals surface area (Å²) in [4.78, 5) is 39.8. The molecule has 1 aromatic rings. The number of carbonyl (C=O) groups is 3. The standard InChI is InChI=1S/C25H36N4O4/c1-17-13-18(2)15-19(14-17)22(23(31)28-20-9-7-6-8-10-20)29(12-11-26)21(30)16-27-24(32)33-25(3,4)5/h13-15,20,22H,6-10,12,16H2,1-5H3,(H,27,32)(H,28,31). The number of hydrogen-bond acceptors (Lipinski definition) is 5. The Labute approximate surface area is 196 Å². The number of ether oxygens (including phenoxy) is 1. The van der Waals surface area contributed by atoms with Crippen molar-refractivity contribution >= 4 is 17.9 Å². The predicted octanol–water partition coefficient (Wildman–Crippen LogP) is 3.67. The van der Waals surface area contributed by atoms with E-state index < -0.39 is 23.6 Å². The molecule has 8 heteroatoms. The summed E-state index contributed by atoms with van der Waals surface area (Å²) in [6, 6.07) is 6.78. The van der Waals surface area contributed by atoms with Gasteiger partial charge >= 0.3 is 6.09 Å². The molecule has 1 unspecified atom stereocenters. The monoisotopic (exact) mass is 456 g/mol. The lowest BCUT2D eigenvalue weighted by molar-refractivity contribution is -0.139. The number of rotatable bonds is 7. The minimum atomic E-state index is -0.974. The summed E-state index contributed by atoms with van der Waals surface area (Å²) in [5, 5.41) is 15.0. The fourth-order valence-electron chi connectivity index (χ4n) is 4.13. The van der Waals surface area contributed by atoms with Crippen LogP contribution in [0.15, 0.2) is 18.2 Å². The highest BCUT2D eigenvalue weighted by atomic mass is 16.6. The Balaban J connectivity index is 2.29. The second-order valence-corrected chi connectivity index (χ2v) is 9.70.